The number of para-hydroxylation sites is 2. The first-order chi connectivity index (χ1) is 18.5. The first kappa shape index (κ1) is 26.5. The first-order valence-electron chi connectivity index (χ1n) is 13.4. The number of anilines is 2. The normalized spacial score (nSPS) is 18.7. The van der Waals surface area contributed by atoms with E-state index in [9.17, 15) is 14.9 Å². The number of nitrogens with zero attached hydrogens (tertiary/aromatic N) is 2. The summed E-state index contributed by atoms with van der Waals surface area (Å²) in [6, 6.07) is 18.9. The van der Waals surface area contributed by atoms with Crippen molar-refractivity contribution in [2.75, 3.05) is 16.8 Å². The average molecular weight is 526 g/mol. The van der Waals surface area contributed by atoms with E-state index < -0.39 is 16.1 Å². The van der Waals surface area contributed by atoms with E-state index in [1.165, 1.54) is 12.1 Å². The molecule has 1 spiro atoms. The molecule has 0 saturated heterocycles. The van der Waals surface area contributed by atoms with Crippen LogP contribution in [0.15, 0.2) is 66.7 Å². The summed E-state index contributed by atoms with van der Waals surface area (Å²) in [5.74, 6) is 0.911. The Morgan fingerprint density at radius 1 is 1.00 bits per heavy atom. The lowest BCUT2D eigenvalue weighted by Gasteiger charge is -2.46. The van der Waals surface area contributed by atoms with E-state index in [2.05, 4.69) is 71.1 Å². The minimum absolute atomic E-state index is 0.00734. The molecule has 0 aliphatic carbocycles. The SMILES string of the molecule is CC(C)c1cccc(C(C)C)c1NC(=O)CN1c2ccccc2C(C)(C)C12C=Cc1cc([N+](=O)[O-])ccc1O2. The lowest BCUT2D eigenvalue weighted by Crippen LogP contribution is -2.61. The zero-order valence-electron chi connectivity index (χ0n) is 23.3. The topological polar surface area (TPSA) is 84.7 Å². The van der Waals surface area contributed by atoms with Crippen molar-refractivity contribution in [2.24, 2.45) is 0 Å². The molecule has 5 rings (SSSR count). The van der Waals surface area contributed by atoms with E-state index in [4.69, 9.17) is 4.74 Å². The maximum Gasteiger partial charge on any atom is 0.270 e. The quantitative estimate of drug-likeness (QED) is 0.268. The molecule has 0 saturated carbocycles. The van der Waals surface area contributed by atoms with Crippen molar-refractivity contribution in [3.05, 3.63) is 99.1 Å². The second-order valence-corrected chi connectivity index (χ2v) is 11.5. The number of nitrogens with one attached hydrogen (secondary N) is 1. The van der Waals surface area contributed by atoms with E-state index in [1.54, 1.807) is 6.07 Å². The molecule has 39 heavy (non-hydrogen) atoms. The monoisotopic (exact) mass is 525 g/mol. The lowest BCUT2D eigenvalue weighted by atomic mass is 9.76. The highest BCUT2D eigenvalue weighted by Gasteiger charge is 2.59. The van der Waals surface area contributed by atoms with Crippen LogP contribution in [0.2, 0.25) is 0 Å². The second kappa shape index (κ2) is 9.56. The zero-order valence-corrected chi connectivity index (χ0v) is 23.3. The Bertz CT molecular complexity index is 1460. The molecule has 2 aliphatic rings. The minimum atomic E-state index is -1.00. The molecular weight excluding hydrogens is 490 g/mol. The van der Waals surface area contributed by atoms with Crippen LogP contribution in [0, 0.1) is 10.1 Å². The fourth-order valence-electron chi connectivity index (χ4n) is 5.93. The molecule has 2 heterocycles. The summed E-state index contributed by atoms with van der Waals surface area (Å²) in [4.78, 5) is 26.8. The Labute approximate surface area is 229 Å². The number of carbonyl (C=O) groups excluding carboxylic acids is 1. The molecule has 0 bridgehead atoms. The lowest BCUT2D eigenvalue weighted by molar-refractivity contribution is -0.384. The predicted molar refractivity (Wildman–Crippen MR) is 156 cm³/mol. The van der Waals surface area contributed by atoms with Gasteiger partial charge < -0.3 is 15.0 Å². The van der Waals surface area contributed by atoms with Crippen LogP contribution in [0.1, 0.15) is 75.6 Å². The molecule has 7 nitrogen and oxygen atoms in total. The van der Waals surface area contributed by atoms with Gasteiger partial charge in [0.05, 0.1) is 10.3 Å². The van der Waals surface area contributed by atoms with Crippen molar-refractivity contribution in [1.82, 2.24) is 0 Å². The van der Waals surface area contributed by atoms with Gasteiger partial charge in [-0.3, -0.25) is 14.9 Å². The van der Waals surface area contributed by atoms with Gasteiger partial charge in [0, 0.05) is 29.1 Å². The molecule has 1 atom stereocenters. The third kappa shape index (κ3) is 4.26. The molecule has 2 aliphatic heterocycles. The first-order valence-corrected chi connectivity index (χ1v) is 13.4. The van der Waals surface area contributed by atoms with Gasteiger partial charge in [0.2, 0.25) is 11.6 Å². The van der Waals surface area contributed by atoms with E-state index in [1.807, 2.05) is 35.3 Å². The van der Waals surface area contributed by atoms with E-state index in [-0.39, 0.29) is 30.0 Å². The fourth-order valence-corrected chi connectivity index (χ4v) is 5.93. The van der Waals surface area contributed by atoms with Crippen LogP contribution < -0.4 is 15.0 Å². The third-order valence-corrected chi connectivity index (χ3v) is 8.06. The van der Waals surface area contributed by atoms with Crippen LogP contribution in [-0.2, 0) is 10.2 Å². The van der Waals surface area contributed by atoms with Crippen LogP contribution in [0.5, 0.6) is 5.75 Å². The summed E-state index contributed by atoms with van der Waals surface area (Å²) in [6.45, 7) is 12.8. The van der Waals surface area contributed by atoms with Gasteiger partial charge in [-0.25, -0.2) is 0 Å². The van der Waals surface area contributed by atoms with Gasteiger partial charge in [-0.15, -0.1) is 0 Å². The van der Waals surface area contributed by atoms with Crippen LogP contribution in [-0.4, -0.2) is 23.1 Å². The number of amides is 1. The van der Waals surface area contributed by atoms with Gasteiger partial charge in [0.25, 0.3) is 5.69 Å². The fraction of sp³-hybridized carbons (Fsp3) is 0.344. The van der Waals surface area contributed by atoms with Crippen LogP contribution >= 0.6 is 0 Å². The predicted octanol–water partition coefficient (Wildman–Crippen LogP) is 7.38. The molecule has 0 radical (unpaired) electrons. The number of rotatable bonds is 6. The Balaban J connectivity index is 1.55. The van der Waals surface area contributed by atoms with Crippen LogP contribution in [0.3, 0.4) is 0 Å². The molecule has 1 amide bonds. The average Bonchev–Trinajstić information content (AvgIpc) is 3.06. The smallest absolute Gasteiger partial charge is 0.270 e. The Hall–Kier alpha value is -4.13. The summed E-state index contributed by atoms with van der Waals surface area (Å²) in [7, 11) is 0. The van der Waals surface area contributed by atoms with E-state index >= 15 is 0 Å². The summed E-state index contributed by atoms with van der Waals surface area (Å²) < 4.78 is 6.74. The number of hydrogen-bond acceptors (Lipinski definition) is 5. The molecule has 7 heteroatoms. The Kier molecular flexibility index (Phi) is 6.49. The van der Waals surface area contributed by atoms with Gasteiger partial charge in [-0.05, 0) is 66.7 Å². The van der Waals surface area contributed by atoms with Gasteiger partial charge in [0.1, 0.15) is 12.3 Å². The number of nitro groups is 1. The maximum atomic E-state index is 13.8. The summed E-state index contributed by atoms with van der Waals surface area (Å²) in [5, 5.41) is 14.6. The largest absolute Gasteiger partial charge is 0.463 e. The zero-order chi connectivity index (χ0) is 28.1. The molecule has 0 fully saturated rings. The summed E-state index contributed by atoms with van der Waals surface area (Å²) in [6.07, 6.45) is 3.81. The van der Waals surface area contributed by atoms with Crippen molar-refractivity contribution in [3.8, 4) is 5.75 Å². The highest BCUT2D eigenvalue weighted by molar-refractivity contribution is 5.97. The maximum absolute atomic E-state index is 13.8. The highest BCUT2D eigenvalue weighted by Crippen LogP contribution is 2.55. The van der Waals surface area contributed by atoms with Crippen molar-refractivity contribution in [2.45, 2.75) is 64.5 Å². The van der Waals surface area contributed by atoms with Crippen LogP contribution in [0.25, 0.3) is 6.08 Å². The Morgan fingerprint density at radius 2 is 1.67 bits per heavy atom. The van der Waals surface area contributed by atoms with Gasteiger partial charge >= 0.3 is 0 Å². The van der Waals surface area contributed by atoms with E-state index in [0.717, 1.165) is 28.1 Å². The number of non-ortho nitro benzene ring substituents is 1. The van der Waals surface area contributed by atoms with Crippen molar-refractivity contribution < 1.29 is 14.5 Å². The summed E-state index contributed by atoms with van der Waals surface area (Å²) in [5.41, 5.74) is 4.20. The molecule has 3 aromatic rings. The second-order valence-electron chi connectivity index (χ2n) is 11.5. The Morgan fingerprint density at radius 3 is 2.31 bits per heavy atom. The third-order valence-electron chi connectivity index (χ3n) is 8.06. The number of nitro benzene ring substituents is 1. The number of carbonyl (C=O) groups is 1. The number of benzene rings is 3. The molecule has 0 aromatic heterocycles. The van der Waals surface area contributed by atoms with Crippen molar-refractivity contribution in [1.29, 1.82) is 0 Å². The van der Waals surface area contributed by atoms with Crippen molar-refractivity contribution in [3.63, 3.8) is 0 Å². The number of ether oxygens (including phenoxy) is 1. The number of fused-ring (bicyclic) bond motifs is 2. The molecule has 202 valence electrons. The molecule has 3 aromatic carbocycles. The molecule has 1 unspecified atom stereocenters. The van der Waals surface area contributed by atoms with E-state index in [0.29, 0.717) is 11.3 Å². The number of hydrogen-bond donors (Lipinski definition) is 1. The standard InChI is InChI=1S/C32H35N3O4/c1-20(2)24-10-9-11-25(21(3)4)30(24)33-29(36)19-34-27-13-8-7-12-26(27)31(5,6)32(34)17-16-22-18-23(35(37)38)14-15-28(22)39-32/h7-18,20-21H,19H2,1-6H3,(H,33,36). The molecular formula is C32H35N3O4. The van der Waals surface area contributed by atoms with Crippen LogP contribution in [0.4, 0.5) is 17.1 Å². The van der Waals surface area contributed by atoms with Gasteiger partial charge in [-0.1, -0.05) is 64.1 Å². The minimum Gasteiger partial charge on any atom is -0.463 e. The highest BCUT2D eigenvalue weighted by atomic mass is 16.6. The van der Waals surface area contributed by atoms with Crippen molar-refractivity contribution >= 4 is 29.0 Å². The molecule has 1 N–H and O–H groups in total. The van der Waals surface area contributed by atoms with Gasteiger partial charge in [0.15, 0.2) is 0 Å². The van der Waals surface area contributed by atoms with Gasteiger partial charge in [-0.2, -0.15) is 0 Å². The summed E-state index contributed by atoms with van der Waals surface area (Å²) >= 11 is 0.